The average Bonchev–Trinajstić information content (AvgIpc) is 2.40. The van der Waals surface area contributed by atoms with Gasteiger partial charge in [0, 0.05) is 30.4 Å². The molecule has 6 heteroatoms. The molecular weight excluding hydrogens is 330 g/mol. The second-order valence-corrected chi connectivity index (χ2v) is 5.98. The first-order valence-electron chi connectivity index (χ1n) is 6.58. The fourth-order valence-corrected chi connectivity index (χ4v) is 2.96. The van der Waals surface area contributed by atoms with Crippen molar-refractivity contribution in [2.24, 2.45) is 5.73 Å². The summed E-state index contributed by atoms with van der Waals surface area (Å²) in [5.74, 6) is 0.866. The first-order valence-corrected chi connectivity index (χ1v) is 7.75. The molecule has 2 heterocycles. The second-order valence-electron chi connectivity index (χ2n) is 4.66. The zero-order valence-corrected chi connectivity index (χ0v) is 13.2. The Hall–Kier alpha value is -0.360. The van der Waals surface area contributed by atoms with Crippen molar-refractivity contribution in [3.8, 4) is 0 Å². The lowest BCUT2D eigenvalue weighted by molar-refractivity contribution is 0.0365. The van der Waals surface area contributed by atoms with Gasteiger partial charge >= 0.3 is 0 Å². The molecule has 2 rings (SSSR count). The van der Waals surface area contributed by atoms with E-state index in [-0.39, 0.29) is 0 Å². The van der Waals surface area contributed by atoms with E-state index in [2.05, 4.69) is 25.8 Å². The number of anilines is 1. The van der Waals surface area contributed by atoms with E-state index >= 15 is 0 Å². The Morgan fingerprint density at radius 3 is 2.84 bits per heavy atom. The van der Waals surface area contributed by atoms with Gasteiger partial charge in [-0.2, -0.15) is 0 Å². The van der Waals surface area contributed by atoms with Crippen LogP contribution in [0.1, 0.15) is 19.3 Å². The largest absolute Gasteiger partial charge is 0.378 e. The normalized spacial score (nSPS) is 16.9. The molecule has 0 saturated carbocycles. The summed E-state index contributed by atoms with van der Waals surface area (Å²) in [5.41, 5.74) is 5.46. The summed E-state index contributed by atoms with van der Waals surface area (Å²) in [6.45, 7) is 3.32. The molecule has 0 radical (unpaired) electrons. The fourth-order valence-electron chi connectivity index (χ4n) is 2.21. The van der Waals surface area contributed by atoms with Crippen LogP contribution >= 0.6 is 27.5 Å². The summed E-state index contributed by atoms with van der Waals surface area (Å²) >= 11 is 9.59. The molecule has 106 valence electrons. The lowest BCUT2D eigenvalue weighted by Crippen LogP contribution is -2.37. The molecule has 1 aromatic rings. The highest BCUT2D eigenvalue weighted by Crippen LogP contribution is 2.28. The smallest absolute Gasteiger partial charge is 0.147 e. The van der Waals surface area contributed by atoms with E-state index in [1.54, 1.807) is 6.20 Å². The zero-order valence-electron chi connectivity index (χ0n) is 10.8. The van der Waals surface area contributed by atoms with Crippen molar-refractivity contribution >= 4 is 33.3 Å². The number of rotatable bonds is 5. The van der Waals surface area contributed by atoms with Gasteiger partial charge < -0.3 is 15.4 Å². The molecule has 0 aromatic carbocycles. The van der Waals surface area contributed by atoms with Crippen molar-refractivity contribution in [3.05, 3.63) is 21.8 Å². The third kappa shape index (κ3) is 4.31. The van der Waals surface area contributed by atoms with Gasteiger partial charge in [0.25, 0.3) is 0 Å². The van der Waals surface area contributed by atoms with E-state index in [1.807, 2.05) is 6.07 Å². The zero-order chi connectivity index (χ0) is 13.7. The van der Waals surface area contributed by atoms with Crippen LogP contribution in [0.2, 0.25) is 5.02 Å². The summed E-state index contributed by atoms with van der Waals surface area (Å²) in [5, 5.41) is 0.692. The van der Waals surface area contributed by atoms with E-state index in [1.165, 1.54) is 0 Å². The van der Waals surface area contributed by atoms with Crippen LogP contribution in [-0.2, 0) is 4.74 Å². The first kappa shape index (κ1) is 15.0. The van der Waals surface area contributed by atoms with Gasteiger partial charge in [0.1, 0.15) is 5.82 Å². The Morgan fingerprint density at radius 2 is 2.21 bits per heavy atom. The molecule has 0 bridgehead atoms. The molecule has 1 aliphatic rings. The van der Waals surface area contributed by atoms with Gasteiger partial charge in [-0.3, -0.25) is 0 Å². The minimum absolute atomic E-state index is 0.344. The molecule has 19 heavy (non-hydrogen) atoms. The maximum Gasteiger partial charge on any atom is 0.147 e. The number of nitrogens with zero attached hydrogens (tertiary/aromatic N) is 2. The lowest BCUT2D eigenvalue weighted by atomic mass is 10.1. The Kier molecular flexibility index (Phi) is 5.88. The number of hydrogen-bond donors (Lipinski definition) is 1. The minimum Gasteiger partial charge on any atom is -0.378 e. The fraction of sp³-hybridized carbons (Fsp3) is 0.615. The summed E-state index contributed by atoms with van der Waals surface area (Å²) in [4.78, 5) is 6.61. The van der Waals surface area contributed by atoms with Gasteiger partial charge in [-0.15, -0.1) is 0 Å². The molecule has 4 nitrogen and oxygen atoms in total. The molecule has 0 aliphatic carbocycles. The van der Waals surface area contributed by atoms with Gasteiger partial charge in [-0.25, -0.2) is 4.98 Å². The predicted molar refractivity (Wildman–Crippen MR) is 81.8 cm³/mol. The van der Waals surface area contributed by atoms with Gasteiger partial charge in [0.2, 0.25) is 0 Å². The number of piperidine rings is 1. The monoisotopic (exact) mass is 347 g/mol. The van der Waals surface area contributed by atoms with E-state index in [4.69, 9.17) is 22.1 Å². The lowest BCUT2D eigenvalue weighted by Gasteiger charge is -2.33. The van der Waals surface area contributed by atoms with E-state index in [0.717, 1.165) is 49.2 Å². The van der Waals surface area contributed by atoms with Gasteiger partial charge in [0.05, 0.1) is 11.1 Å². The summed E-state index contributed by atoms with van der Waals surface area (Å²) in [6.07, 6.45) is 5.08. The molecule has 0 spiro atoms. The standard InChI is InChI=1S/C13H19BrClN3O/c14-10-8-12(15)13(17-9-10)18-5-2-11(3-6-18)19-7-1-4-16/h8-9,11H,1-7,16H2. The second kappa shape index (κ2) is 7.43. The molecule has 0 unspecified atom stereocenters. The topological polar surface area (TPSA) is 51.4 Å². The van der Waals surface area contributed by atoms with Gasteiger partial charge in [0.15, 0.2) is 0 Å². The summed E-state index contributed by atoms with van der Waals surface area (Å²) in [6, 6.07) is 1.88. The van der Waals surface area contributed by atoms with Crippen LogP contribution in [0.25, 0.3) is 0 Å². The molecule has 1 fully saturated rings. The number of halogens is 2. The number of pyridine rings is 1. The first-order chi connectivity index (χ1) is 9.20. The summed E-state index contributed by atoms with van der Waals surface area (Å²) in [7, 11) is 0. The van der Waals surface area contributed by atoms with E-state index < -0.39 is 0 Å². The quantitative estimate of drug-likeness (QED) is 0.831. The van der Waals surface area contributed by atoms with Crippen LogP contribution < -0.4 is 10.6 Å². The number of nitrogens with two attached hydrogens (primary N) is 1. The molecule has 1 aromatic heterocycles. The molecule has 1 saturated heterocycles. The highest BCUT2D eigenvalue weighted by atomic mass is 79.9. The van der Waals surface area contributed by atoms with E-state index in [0.29, 0.717) is 17.7 Å². The van der Waals surface area contributed by atoms with Crippen molar-refractivity contribution in [3.63, 3.8) is 0 Å². The van der Waals surface area contributed by atoms with Crippen molar-refractivity contribution in [1.29, 1.82) is 0 Å². The average molecular weight is 349 g/mol. The van der Waals surface area contributed by atoms with Crippen molar-refractivity contribution in [2.45, 2.75) is 25.4 Å². The predicted octanol–water partition coefficient (Wildman–Crippen LogP) is 2.83. The summed E-state index contributed by atoms with van der Waals surface area (Å²) < 4.78 is 6.69. The van der Waals surface area contributed by atoms with Crippen LogP contribution in [0.3, 0.4) is 0 Å². The third-order valence-corrected chi connectivity index (χ3v) is 3.94. The Morgan fingerprint density at radius 1 is 1.47 bits per heavy atom. The third-order valence-electron chi connectivity index (χ3n) is 3.23. The number of ether oxygens (including phenoxy) is 1. The number of hydrogen-bond acceptors (Lipinski definition) is 4. The molecular formula is C13H19BrClN3O. The minimum atomic E-state index is 0.344. The Balaban J connectivity index is 1.85. The van der Waals surface area contributed by atoms with Crippen molar-refractivity contribution in [1.82, 2.24) is 4.98 Å². The molecule has 0 amide bonds. The van der Waals surface area contributed by atoms with Crippen LogP contribution in [0.4, 0.5) is 5.82 Å². The number of aromatic nitrogens is 1. The molecule has 2 N–H and O–H groups in total. The highest BCUT2D eigenvalue weighted by molar-refractivity contribution is 9.10. The maximum absolute atomic E-state index is 6.22. The van der Waals surface area contributed by atoms with Gasteiger partial charge in [-0.1, -0.05) is 11.6 Å². The van der Waals surface area contributed by atoms with Crippen LogP contribution in [0.15, 0.2) is 16.7 Å². The Bertz CT molecular complexity index is 411. The van der Waals surface area contributed by atoms with Crippen LogP contribution in [0.5, 0.6) is 0 Å². The van der Waals surface area contributed by atoms with Crippen LogP contribution in [0, 0.1) is 0 Å². The van der Waals surface area contributed by atoms with Crippen molar-refractivity contribution < 1.29 is 4.74 Å². The van der Waals surface area contributed by atoms with Gasteiger partial charge in [-0.05, 0) is 47.8 Å². The van der Waals surface area contributed by atoms with E-state index in [9.17, 15) is 0 Å². The van der Waals surface area contributed by atoms with Crippen molar-refractivity contribution in [2.75, 3.05) is 31.1 Å². The maximum atomic E-state index is 6.22. The molecule has 0 atom stereocenters. The molecule has 1 aliphatic heterocycles. The highest BCUT2D eigenvalue weighted by Gasteiger charge is 2.22. The Labute approximate surface area is 127 Å². The SMILES string of the molecule is NCCCOC1CCN(c2ncc(Br)cc2Cl)CC1. The van der Waals surface area contributed by atoms with Crippen LogP contribution in [-0.4, -0.2) is 37.3 Å².